The number of nitrogens with zero attached hydrogens (tertiary/aromatic N) is 1. The van der Waals surface area contributed by atoms with Gasteiger partial charge in [-0.3, -0.25) is 4.79 Å². The van der Waals surface area contributed by atoms with Crippen LogP contribution in [0.1, 0.15) is 15.9 Å². The van der Waals surface area contributed by atoms with E-state index in [0.717, 1.165) is 5.56 Å². The molecule has 0 unspecified atom stereocenters. The second-order valence-corrected chi connectivity index (χ2v) is 3.84. The maximum atomic E-state index is 12.2. The SMILES string of the molecule is COCCN(COOC)C(=O)c1ccc(C)cc1. The van der Waals surface area contributed by atoms with E-state index in [1.54, 1.807) is 19.2 Å². The molecule has 0 aliphatic carbocycles. The van der Waals surface area contributed by atoms with Crippen LogP contribution in [-0.4, -0.2) is 44.9 Å². The number of carbonyl (C=O) groups excluding carboxylic acids is 1. The number of amides is 1. The summed E-state index contributed by atoms with van der Waals surface area (Å²) in [4.78, 5) is 23.1. The Morgan fingerprint density at radius 3 is 2.44 bits per heavy atom. The molecule has 5 heteroatoms. The van der Waals surface area contributed by atoms with Crippen LogP contribution in [0.3, 0.4) is 0 Å². The predicted octanol–water partition coefficient (Wildman–Crippen LogP) is 1.62. The Kier molecular flexibility index (Phi) is 6.35. The molecule has 0 N–H and O–H groups in total. The first-order chi connectivity index (χ1) is 8.69. The number of rotatable bonds is 7. The van der Waals surface area contributed by atoms with Crippen molar-refractivity contribution in [2.45, 2.75) is 6.92 Å². The molecule has 0 aliphatic heterocycles. The highest BCUT2D eigenvalue weighted by molar-refractivity contribution is 5.94. The van der Waals surface area contributed by atoms with E-state index in [1.807, 2.05) is 19.1 Å². The van der Waals surface area contributed by atoms with E-state index < -0.39 is 0 Å². The van der Waals surface area contributed by atoms with E-state index in [-0.39, 0.29) is 12.6 Å². The van der Waals surface area contributed by atoms with Gasteiger partial charge >= 0.3 is 0 Å². The number of hydrogen-bond acceptors (Lipinski definition) is 4. The van der Waals surface area contributed by atoms with Crippen molar-refractivity contribution in [1.82, 2.24) is 4.90 Å². The van der Waals surface area contributed by atoms with Crippen LogP contribution in [0, 0.1) is 6.92 Å². The number of carbonyl (C=O) groups is 1. The number of methoxy groups -OCH3 is 1. The fourth-order valence-corrected chi connectivity index (χ4v) is 1.42. The first kappa shape index (κ1) is 14.6. The largest absolute Gasteiger partial charge is 0.383 e. The normalized spacial score (nSPS) is 10.4. The molecule has 0 radical (unpaired) electrons. The van der Waals surface area contributed by atoms with Gasteiger partial charge in [0, 0.05) is 19.2 Å². The van der Waals surface area contributed by atoms with E-state index in [2.05, 4.69) is 4.89 Å². The Balaban J connectivity index is 2.70. The predicted molar refractivity (Wildman–Crippen MR) is 67.1 cm³/mol. The molecule has 0 saturated heterocycles. The Bertz CT molecular complexity index is 356. The summed E-state index contributed by atoms with van der Waals surface area (Å²) in [5.41, 5.74) is 1.74. The fourth-order valence-electron chi connectivity index (χ4n) is 1.42. The van der Waals surface area contributed by atoms with E-state index in [4.69, 9.17) is 9.62 Å². The van der Waals surface area contributed by atoms with E-state index in [1.165, 1.54) is 12.0 Å². The lowest BCUT2D eigenvalue weighted by molar-refractivity contribution is -0.290. The van der Waals surface area contributed by atoms with Crippen LogP contribution in [0.4, 0.5) is 0 Å². The standard InChI is InChI=1S/C13H19NO4/c1-11-4-6-12(7-5-11)13(15)14(8-9-16-2)10-18-17-3/h4-7H,8-10H2,1-3H3. The minimum Gasteiger partial charge on any atom is -0.383 e. The lowest BCUT2D eigenvalue weighted by Gasteiger charge is -2.21. The van der Waals surface area contributed by atoms with Gasteiger partial charge < -0.3 is 9.64 Å². The summed E-state index contributed by atoms with van der Waals surface area (Å²) < 4.78 is 4.97. The van der Waals surface area contributed by atoms with Gasteiger partial charge in [0.2, 0.25) is 0 Å². The molecule has 0 atom stereocenters. The zero-order chi connectivity index (χ0) is 13.4. The van der Waals surface area contributed by atoms with Gasteiger partial charge in [0.05, 0.1) is 13.7 Å². The van der Waals surface area contributed by atoms with Gasteiger partial charge in [0.25, 0.3) is 5.91 Å². The van der Waals surface area contributed by atoms with Crippen molar-refractivity contribution >= 4 is 5.91 Å². The molecule has 100 valence electrons. The molecule has 0 spiro atoms. The highest BCUT2D eigenvalue weighted by Gasteiger charge is 2.15. The second kappa shape index (κ2) is 7.81. The van der Waals surface area contributed by atoms with Crippen LogP contribution in [0.25, 0.3) is 0 Å². The van der Waals surface area contributed by atoms with Crippen LogP contribution in [0.2, 0.25) is 0 Å². The molecular weight excluding hydrogens is 234 g/mol. The minimum absolute atomic E-state index is 0.0760. The number of ether oxygens (including phenoxy) is 1. The van der Waals surface area contributed by atoms with Crippen molar-refractivity contribution in [2.75, 3.05) is 34.1 Å². The molecule has 1 rings (SSSR count). The van der Waals surface area contributed by atoms with Crippen LogP contribution < -0.4 is 0 Å². The summed E-state index contributed by atoms with van der Waals surface area (Å²) in [5, 5.41) is 0. The molecule has 0 fully saturated rings. The van der Waals surface area contributed by atoms with Crippen molar-refractivity contribution in [3.05, 3.63) is 35.4 Å². The Hall–Kier alpha value is -1.43. The molecule has 0 heterocycles. The molecule has 0 aromatic heterocycles. The monoisotopic (exact) mass is 253 g/mol. The summed E-state index contributed by atoms with van der Waals surface area (Å²) in [6, 6.07) is 7.40. The van der Waals surface area contributed by atoms with Gasteiger partial charge in [-0.1, -0.05) is 17.7 Å². The Morgan fingerprint density at radius 2 is 1.89 bits per heavy atom. The lowest BCUT2D eigenvalue weighted by atomic mass is 10.1. The number of hydrogen-bond donors (Lipinski definition) is 0. The molecule has 1 aromatic carbocycles. The van der Waals surface area contributed by atoms with Crippen molar-refractivity contribution in [3.63, 3.8) is 0 Å². The van der Waals surface area contributed by atoms with Crippen molar-refractivity contribution < 1.29 is 19.3 Å². The molecule has 18 heavy (non-hydrogen) atoms. The molecule has 1 amide bonds. The molecule has 5 nitrogen and oxygen atoms in total. The summed E-state index contributed by atoms with van der Waals surface area (Å²) in [7, 11) is 3.00. The number of aryl methyl sites for hydroxylation is 1. The van der Waals surface area contributed by atoms with Crippen LogP contribution in [0.5, 0.6) is 0 Å². The molecular formula is C13H19NO4. The first-order valence-corrected chi connectivity index (χ1v) is 5.69. The second-order valence-electron chi connectivity index (χ2n) is 3.84. The van der Waals surface area contributed by atoms with E-state index >= 15 is 0 Å². The number of benzene rings is 1. The summed E-state index contributed by atoms with van der Waals surface area (Å²) in [6.45, 7) is 2.95. The van der Waals surface area contributed by atoms with E-state index in [0.29, 0.717) is 18.7 Å². The third-order valence-corrected chi connectivity index (χ3v) is 2.48. The summed E-state index contributed by atoms with van der Waals surface area (Å²) >= 11 is 0. The van der Waals surface area contributed by atoms with Gasteiger partial charge in [0.1, 0.15) is 0 Å². The third-order valence-electron chi connectivity index (χ3n) is 2.48. The Labute approximate surface area is 107 Å². The lowest BCUT2D eigenvalue weighted by Crippen LogP contribution is -2.35. The molecule has 1 aromatic rings. The quantitative estimate of drug-likeness (QED) is 0.421. The summed E-state index contributed by atoms with van der Waals surface area (Å²) in [6.07, 6.45) is 0. The highest BCUT2D eigenvalue weighted by Crippen LogP contribution is 2.07. The van der Waals surface area contributed by atoms with Gasteiger partial charge in [-0.2, -0.15) is 0 Å². The van der Waals surface area contributed by atoms with Crippen LogP contribution in [0.15, 0.2) is 24.3 Å². The van der Waals surface area contributed by atoms with Gasteiger partial charge in [-0.25, -0.2) is 9.78 Å². The topological polar surface area (TPSA) is 48.0 Å². The zero-order valence-corrected chi connectivity index (χ0v) is 11.0. The van der Waals surface area contributed by atoms with Crippen LogP contribution >= 0.6 is 0 Å². The van der Waals surface area contributed by atoms with Gasteiger partial charge in [0.15, 0.2) is 6.73 Å². The average Bonchev–Trinajstić information content (AvgIpc) is 2.39. The maximum absolute atomic E-state index is 12.2. The van der Waals surface area contributed by atoms with Crippen molar-refractivity contribution in [1.29, 1.82) is 0 Å². The smallest absolute Gasteiger partial charge is 0.255 e. The first-order valence-electron chi connectivity index (χ1n) is 5.69. The minimum atomic E-state index is -0.107. The highest BCUT2D eigenvalue weighted by atomic mass is 17.2. The summed E-state index contributed by atoms with van der Waals surface area (Å²) in [5.74, 6) is -0.107. The van der Waals surface area contributed by atoms with Crippen molar-refractivity contribution in [3.8, 4) is 0 Å². The van der Waals surface area contributed by atoms with Crippen molar-refractivity contribution in [2.24, 2.45) is 0 Å². The average molecular weight is 253 g/mol. The molecule has 0 bridgehead atoms. The fraction of sp³-hybridized carbons (Fsp3) is 0.462. The molecule has 0 aliphatic rings. The third kappa shape index (κ3) is 4.44. The molecule has 0 saturated carbocycles. The van der Waals surface area contributed by atoms with Crippen LogP contribution in [-0.2, 0) is 14.5 Å². The van der Waals surface area contributed by atoms with Gasteiger partial charge in [-0.15, -0.1) is 0 Å². The van der Waals surface area contributed by atoms with E-state index in [9.17, 15) is 4.79 Å². The Morgan fingerprint density at radius 1 is 1.22 bits per heavy atom. The van der Waals surface area contributed by atoms with Gasteiger partial charge in [-0.05, 0) is 19.1 Å². The zero-order valence-electron chi connectivity index (χ0n) is 11.0. The maximum Gasteiger partial charge on any atom is 0.255 e.